The van der Waals surface area contributed by atoms with Gasteiger partial charge in [-0.3, -0.25) is 0 Å². The average molecular weight is 210 g/mol. The van der Waals surface area contributed by atoms with Crippen LogP contribution in [0.4, 0.5) is 0 Å². The fourth-order valence-corrected chi connectivity index (χ4v) is 2.13. The summed E-state index contributed by atoms with van der Waals surface area (Å²) in [6, 6.07) is 0. The van der Waals surface area contributed by atoms with Crippen molar-refractivity contribution < 1.29 is 14.3 Å². The van der Waals surface area contributed by atoms with Gasteiger partial charge in [0.15, 0.2) is 6.10 Å². The lowest BCUT2D eigenvalue weighted by Crippen LogP contribution is -2.31. The van der Waals surface area contributed by atoms with E-state index < -0.39 is 0 Å². The van der Waals surface area contributed by atoms with Gasteiger partial charge < -0.3 is 9.47 Å². The average Bonchev–Trinajstić information content (AvgIpc) is 2.31. The lowest BCUT2D eigenvalue weighted by atomic mass is 9.98. The molecular weight excluding hydrogens is 192 g/mol. The summed E-state index contributed by atoms with van der Waals surface area (Å²) in [5, 5.41) is 0. The molecule has 1 atom stereocenters. The SMILES string of the molecule is O=C(OC1CCCCC1)C1CCC=CO1. The first-order chi connectivity index (χ1) is 7.36. The molecule has 0 aromatic rings. The van der Waals surface area contributed by atoms with Crippen molar-refractivity contribution >= 4 is 5.97 Å². The second-order valence-electron chi connectivity index (χ2n) is 4.27. The molecule has 3 nitrogen and oxygen atoms in total. The molecule has 0 amide bonds. The molecular formula is C12H18O3. The highest BCUT2D eigenvalue weighted by atomic mass is 16.6. The van der Waals surface area contributed by atoms with E-state index in [1.54, 1.807) is 6.26 Å². The molecule has 0 saturated heterocycles. The van der Waals surface area contributed by atoms with Gasteiger partial charge in [0.1, 0.15) is 6.10 Å². The number of ether oxygens (including phenoxy) is 2. The first-order valence-corrected chi connectivity index (χ1v) is 5.87. The Labute approximate surface area is 90.4 Å². The third-order valence-electron chi connectivity index (χ3n) is 3.03. The normalized spacial score (nSPS) is 27.1. The van der Waals surface area contributed by atoms with Crippen LogP contribution in [0.25, 0.3) is 0 Å². The zero-order valence-corrected chi connectivity index (χ0v) is 8.98. The molecule has 0 aromatic carbocycles. The highest BCUT2D eigenvalue weighted by Gasteiger charge is 2.25. The van der Waals surface area contributed by atoms with Crippen molar-refractivity contribution in [2.24, 2.45) is 0 Å². The second-order valence-corrected chi connectivity index (χ2v) is 4.27. The van der Waals surface area contributed by atoms with E-state index in [0.717, 1.165) is 25.7 Å². The standard InChI is InChI=1S/C12H18O3/c13-12(11-8-4-5-9-14-11)15-10-6-2-1-3-7-10/h5,9-11H,1-4,6-8H2. The van der Waals surface area contributed by atoms with E-state index in [2.05, 4.69) is 0 Å². The van der Waals surface area contributed by atoms with Crippen LogP contribution >= 0.6 is 0 Å². The minimum absolute atomic E-state index is 0.140. The second kappa shape index (κ2) is 5.19. The summed E-state index contributed by atoms with van der Waals surface area (Å²) >= 11 is 0. The number of hydrogen-bond acceptors (Lipinski definition) is 3. The topological polar surface area (TPSA) is 35.5 Å². The van der Waals surface area contributed by atoms with Crippen LogP contribution in [0.1, 0.15) is 44.9 Å². The first kappa shape index (κ1) is 10.5. The van der Waals surface area contributed by atoms with E-state index >= 15 is 0 Å². The number of allylic oxidation sites excluding steroid dienone is 1. The fraction of sp³-hybridized carbons (Fsp3) is 0.750. The van der Waals surface area contributed by atoms with E-state index in [-0.39, 0.29) is 18.2 Å². The molecule has 84 valence electrons. The highest BCUT2D eigenvalue weighted by Crippen LogP contribution is 2.22. The van der Waals surface area contributed by atoms with Crippen molar-refractivity contribution in [2.45, 2.75) is 57.2 Å². The van der Waals surface area contributed by atoms with Gasteiger partial charge in [0.25, 0.3) is 0 Å². The number of hydrogen-bond donors (Lipinski definition) is 0. The molecule has 0 bridgehead atoms. The Bertz CT molecular complexity index is 241. The van der Waals surface area contributed by atoms with E-state index in [4.69, 9.17) is 9.47 Å². The van der Waals surface area contributed by atoms with Crippen LogP contribution in [0.15, 0.2) is 12.3 Å². The van der Waals surface area contributed by atoms with E-state index in [9.17, 15) is 4.79 Å². The molecule has 2 rings (SSSR count). The third kappa shape index (κ3) is 2.98. The largest absolute Gasteiger partial charge is 0.487 e. The van der Waals surface area contributed by atoms with Gasteiger partial charge in [-0.05, 0) is 44.6 Å². The predicted molar refractivity (Wildman–Crippen MR) is 56.2 cm³/mol. The molecule has 1 aliphatic carbocycles. The lowest BCUT2D eigenvalue weighted by molar-refractivity contribution is -0.161. The molecule has 2 aliphatic rings. The predicted octanol–water partition coefficient (Wildman–Crippen LogP) is 2.56. The van der Waals surface area contributed by atoms with Crippen molar-refractivity contribution in [1.29, 1.82) is 0 Å². The fourth-order valence-electron chi connectivity index (χ4n) is 2.13. The van der Waals surface area contributed by atoms with Crippen LogP contribution in [-0.2, 0) is 14.3 Å². The minimum Gasteiger partial charge on any atom is -0.487 e. The number of carbonyl (C=O) groups is 1. The number of esters is 1. The first-order valence-electron chi connectivity index (χ1n) is 5.87. The minimum atomic E-state index is -0.364. The Morgan fingerprint density at radius 3 is 2.67 bits per heavy atom. The third-order valence-corrected chi connectivity index (χ3v) is 3.03. The van der Waals surface area contributed by atoms with Gasteiger partial charge >= 0.3 is 5.97 Å². The quantitative estimate of drug-likeness (QED) is 0.657. The summed E-state index contributed by atoms with van der Waals surface area (Å²) in [6.07, 6.45) is 10.7. The monoisotopic (exact) mass is 210 g/mol. The van der Waals surface area contributed by atoms with Crippen molar-refractivity contribution in [3.05, 3.63) is 12.3 Å². The number of carbonyl (C=O) groups excluding carboxylic acids is 1. The summed E-state index contributed by atoms with van der Waals surface area (Å²) in [6.45, 7) is 0. The van der Waals surface area contributed by atoms with Crippen LogP contribution in [0, 0.1) is 0 Å². The lowest BCUT2D eigenvalue weighted by Gasteiger charge is -2.25. The zero-order chi connectivity index (χ0) is 10.5. The van der Waals surface area contributed by atoms with Gasteiger partial charge in [-0.15, -0.1) is 0 Å². The molecule has 1 aliphatic heterocycles. The summed E-state index contributed by atoms with van der Waals surface area (Å²) in [4.78, 5) is 11.7. The van der Waals surface area contributed by atoms with Crippen LogP contribution < -0.4 is 0 Å². The summed E-state index contributed by atoms with van der Waals surface area (Å²) in [7, 11) is 0. The Balaban J connectivity index is 1.77. The van der Waals surface area contributed by atoms with Gasteiger partial charge in [-0.1, -0.05) is 6.42 Å². The van der Waals surface area contributed by atoms with Gasteiger partial charge in [-0.2, -0.15) is 0 Å². The van der Waals surface area contributed by atoms with Crippen LogP contribution in [0.2, 0.25) is 0 Å². The van der Waals surface area contributed by atoms with Crippen LogP contribution in [0.3, 0.4) is 0 Å². The molecule has 0 spiro atoms. The van der Waals surface area contributed by atoms with Crippen molar-refractivity contribution in [3.63, 3.8) is 0 Å². The Morgan fingerprint density at radius 2 is 2.00 bits per heavy atom. The Hall–Kier alpha value is -0.990. The summed E-state index contributed by atoms with van der Waals surface area (Å²) in [5.41, 5.74) is 0. The zero-order valence-electron chi connectivity index (χ0n) is 8.98. The van der Waals surface area contributed by atoms with E-state index in [0.29, 0.717) is 0 Å². The van der Waals surface area contributed by atoms with Crippen molar-refractivity contribution in [3.8, 4) is 0 Å². The van der Waals surface area contributed by atoms with Crippen molar-refractivity contribution in [1.82, 2.24) is 0 Å². The summed E-state index contributed by atoms with van der Waals surface area (Å²) < 4.78 is 10.7. The van der Waals surface area contributed by atoms with Crippen LogP contribution in [-0.4, -0.2) is 18.2 Å². The van der Waals surface area contributed by atoms with Gasteiger partial charge in [0.2, 0.25) is 0 Å². The molecule has 1 unspecified atom stereocenters. The van der Waals surface area contributed by atoms with Gasteiger partial charge in [0.05, 0.1) is 6.26 Å². The smallest absolute Gasteiger partial charge is 0.347 e. The van der Waals surface area contributed by atoms with Gasteiger partial charge in [-0.25, -0.2) is 4.79 Å². The maximum Gasteiger partial charge on any atom is 0.347 e. The van der Waals surface area contributed by atoms with E-state index in [1.807, 2.05) is 6.08 Å². The molecule has 1 heterocycles. The molecule has 1 fully saturated rings. The summed E-state index contributed by atoms with van der Waals surface area (Å²) in [5.74, 6) is -0.175. The maximum atomic E-state index is 11.7. The molecule has 1 saturated carbocycles. The maximum absolute atomic E-state index is 11.7. The molecule has 15 heavy (non-hydrogen) atoms. The molecule has 3 heteroatoms. The highest BCUT2D eigenvalue weighted by molar-refractivity contribution is 5.75. The molecule has 0 N–H and O–H groups in total. The molecule has 0 aromatic heterocycles. The van der Waals surface area contributed by atoms with Crippen molar-refractivity contribution in [2.75, 3.05) is 0 Å². The molecule has 0 radical (unpaired) electrons. The Kier molecular flexibility index (Phi) is 3.64. The number of rotatable bonds is 2. The Morgan fingerprint density at radius 1 is 1.20 bits per heavy atom. The van der Waals surface area contributed by atoms with Crippen LogP contribution in [0.5, 0.6) is 0 Å². The van der Waals surface area contributed by atoms with E-state index in [1.165, 1.54) is 19.3 Å². The van der Waals surface area contributed by atoms with Gasteiger partial charge in [0, 0.05) is 0 Å².